The van der Waals surface area contributed by atoms with Crippen molar-refractivity contribution in [1.29, 1.82) is 0 Å². The molecule has 0 N–H and O–H groups in total. The highest BCUT2D eigenvalue weighted by molar-refractivity contribution is 6.30. The first-order chi connectivity index (χ1) is 12.5. The zero-order valence-electron chi connectivity index (χ0n) is 15.0. The summed E-state index contributed by atoms with van der Waals surface area (Å²) in [6, 6.07) is 17.4. The van der Waals surface area contributed by atoms with Crippen molar-refractivity contribution in [2.75, 3.05) is 27.2 Å². The molecule has 0 aliphatic carbocycles. The van der Waals surface area contributed by atoms with Gasteiger partial charge in [0.25, 0.3) is 5.91 Å². The zero-order valence-corrected chi connectivity index (χ0v) is 15.8. The molecule has 0 radical (unpaired) electrons. The minimum absolute atomic E-state index is 0.0661. The molecule has 0 atom stereocenters. The maximum absolute atomic E-state index is 13.3. The second kappa shape index (κ2) is 8.30. The number of benzene rings is 2. The highest BCUT2D eigenvalue weighted by atomic mass is 35.5. The van der Waals surface area contributed by atoms with Crippen molar-refractivity contribution in [3.05, 3.63) is 77.1 Å². The largest absolute Gasteiger partial charge is 0.332 e. The molecular formula is C21H22ClN3O. The molecule has 4 nitrogen and oxygen atoms in total. The van der Waals surface area contributed by atoms with E-state index in [9.17, 15) is 4.79 Å². The van der Waals surface area contributed by atoms with Gasteiger partial charge >= 0.3 is 0 Å². The maximum atomic E-state index is 13.3. The third-order valence-electron chi connectivity index (χ3n) is 4.24. The van der Waals surface area contributed by atoms with E-state index >= 15 is 0 Å². The van der Waals surface area contributed by atoms with Gasteiger partial charge in [-0.2, -0.15) is 0 Å². The Morgan fingerprint density at radius 2 is 1.85 bits per heavy atom. The van der Waals surface area contributed by atoms with Crippen molar-refractivity contribution < 1.29 is 4.79 Å². The predicted molar refractivity (Wildman–Crippen MR) is 106 cm³/mol. The lowest BCUT2D eigenvalue weighted by Gasteiger charge is -2.25. The molecule has 0 aliphatic heterocycles. The summed E-state index contributed by atoms with van der Waals surface area (Å²) < 4.78 is 0. The minimum Gasteiger partial charge on any atom is -0.332 e. The summed E-state index contributed by atoms with van der Waals surface area (Å²) in [7, 11) is 4.00. The van der Waals surface area contributed by atoms with Crippen LogP contribution in [0.25, 0.3) is 10.8 Å². The first-order valence-corrected chi connectivity index (χ1v) is 8.94. The van der Waals surface area contributed by atoms with Gasteiger partial charge in [0.15, 0.2) is 0 Å². The predicted octanol–water partition coefficient (Wildman–Crippen LogP) is 4.09. The summed E-state index contributed by atoms with van der Waals surface area (Å²) in [5, 5.41) is 2.56. The molecule has 26 heavy (non-hydrogen) atoms. The van der Waals surface area contributed by atoms with Crippen molar-refractivity contribution in [3.8, 4) is 0 Å². The summed E-state index contributed by atoms with van der Waals surface area (Å²) in [4.78, 5) is 21.6. The van der Waals surface area contributed by atoms with Gasteiger partial charge in [0, 0.05) is 36.2 Å². The number of likely N-dealkylation sites (N-methyl/N-ethyl adjacent to an activating group) is 1. The molecule has 3 aromatic rings. The molecule has 0 bridgehead atoms. The van der Waals surface area contributed by atoms with Crippen molar-refractivity contribution in [3.63, 3.8) is 0 Å². The molecule has 2 aromatic carbocycles. The van der Waals surface area contributed by atoms with E-state index in [0.29, 0.717) is 23.8 Å². The van der Waals surface area contributed by atoms with Crippen LogP contribution in [-0.4, -0.2) is 47.9 Å². The third kappa shape index (κ3) is 4.40. The lowest BCUT2D eigenvalue weighted by molar-refractivity contribution is 0.0728. The first kappa shape index (κ1) is 18.4. The van der Waals surface area contributed by atoms with Crippen LogP contribution in [0, 0.1) is 0 Å². The molecule has 0 saturated heterocycles. The summed E-state index contributed by atoms with van der Waals surface area (Å²) in [5.41, 5.74) is 1.49. The van der Waals surface area contributed by atoms with E-state index in [1.165, 1.54) is 0 Å². The van der Waals surface area contributed by atoms with Gasteiger partial charge in [-0.25, -0.2) is 0 Å². The van der Waals surface area contributed by atoms with Gasteiger partial charge in [-0.05, 0) is 43.2 Å². The number of carbonyl (C=O) groups excluding carboxylic acids is 1. The molecule has 0 aliphatic rings. The zero-order chi connectivity index (χ0) is 18.5. The van der Waals surface area contributed by atoms with E-state index in [1.54, 1.807) is 6.20 Å². The molecule has 5 heteroatoms. The van der Waals surface area contributed by atoms with Crippen LogP contribution in [0.2, 0.25) is 5.02 Å². The van der Waals surface area contributed by atoms with Crippen LogP contribution in [0.3, 0.4) is 0 Å². The molecular weight excluding hydrogens is 346 g/mol. The van der Waals surface area contributed by atoms with Gasteiger partial charge in [-0.3, -0.25) is 9.78 Å². The summed E-state index contributed by atoms with van der Waals surface area (Å²) >= 11 is 6.11. The molecule has 0 unspecified atom stereocenters. The Labute approximate surface area is 159 Å². The Morgan fingerprint density at radius 1 is 1.04 bits per heavy atom. The molecule has 1 aromatic heterocycles. The smallest absolute Gasteiger partial charge is 0.273 e. The average Bonchev–Trinajstić information content (AvgIpc) is 2.64. The normalized spacial score (nSPS) is 11.1. The lowest BCUT2D eigenvalue weighted by Crippen LogP contribution is -2.36. The van der Waals surface area contributed by atoms with Crippen LogP contribution in [0.1, 0.15) is 16.1 Å². The Hall–Kier alpha value is -2.43. The number of nitrogens with zero attached hydrogens (tertiary/aromatic N) is 3. The second-order valence-electron chi connectivity index (χ2n) is 6.54. The van der Waals surface area contributed by atoms with E-state index in [1.807, 2.05) is 73.6 Å². The Morgan fingerprint density at radius 3 is 2.62 bits per heavy atom. The molecule has 3 rings (SSSR count). The van der Waals surface area contributed by atoms with E-state index in [2.05, 4.69) is 9.88 Å². The number of hydrogen-bond donors (Lipinski definition) is 0. The third-order valence-corrected chi connectivity index (χ3v) is 4.48. The van der Waals surface area contributed by atoms with E-state index < -0.39 is 0 Å². The van der Waals surface area contributed by atoms with Gasteiger partial charge in [0.2, 0.25) is 0 Å². The maximum Gasteiger partial charge on any atom is 0.273 e. The standard InChI is InChI=1S/C21H22ClN3O/c1-24(2)12-13-25(15-16-6-5-8-18(22)14-16)21(26)20-19-9-4-3-7-17(19)10-11-23-20/h3-11,14H,12-13,15H2,1-2H3. The quantitative estimate of drug-likeness (QED) is 0.658. The number of rotatable bonds is 6. The number of fused-ring (bicyclic) bond motifs is 1. The van der Waals surface area contributed by atoms with E-state index in [4.69, 9.17) is 11.6 Å². The number of halogens is 1. The topological polar surface area (TPSA) is 36.4 Å². The fourth-order valence-corrected chi connectivity index (χ4v) is 3.08. The molecule has 0 saturated carbocycles. The summed E-state index contributed by atoms with van der Waals surface area (Å²) in [6.45, 7) is 1.89. The first-order valence-electron chi connectivity index (χ1n) is 8.57. The van der Waals surface area contributed by atoms with E-state index in [0.717, 1.165) is 22.9 Å². The summed E-state index contributed by atoms with van der Waals surface area (Å²) in [5.74, 6) is -0.0661. The van der Waals surface area contributed by atoms with Gasteiger partial charge < -0.3 is 9.80 Å². The molecule has 1 amide bonds. The van der Waals surface area contributed by atoms with Gasteiger partial charge in [-0.15, -0.1) is 0 Å². The highest BCUT2D eigenvalue weighted by Crippen LogP contribution is 2.19. The lowest BCUT2D eigenvalue weighted by atomic mass is 10.1. The number of amides is 1. The van der Waals surface area contributed by atoms with Gasteiger partial charge in [0.1, 0.15) is 5.69 Å². The molecule has 0 fully saturated rings. The van der Waals surface area contributed by atoms with Crippen LogP contribution in [0.4, 0.5) is 0 Å². The Balaban J connectivity index is 1.93. The number of hydrogen-bond acceptors (Lipinski definition) is 3. The second-order valence-corrected chi connectivity index (χ2v) is 6.98. The van der Waals surface area contributed by atoms with Crippen molar-refractivity contribution in [2.24, 2.45) is 0 Å². The highest BCUT2D eigenvalue weighted by Gasteiger charge is 2.20. The fraction of sp³-hybridized carbons (Fsp3) is 0.238. The minimum atomic E-state index is -0.0661. The fourth-order valence-electron chi connectivity index (χ4n) is 2.87. The Kier molecular flexibility index (Phi) is 5.86. The van der Waals surface area contributed by atoms with Crippen LogP contribution in [-0.2, 0) is 6.54 Å². The molecule has 0 spiro atoms. The van der Waals surface area contributed by atoms with Crippen LogP contribution >= 0.6 is 11.6 Å². The average molecular weight is 368 g/mol. The number of carbonyl (C=O) groups is 1. The van der Waals surface area contributed by atoms with Crippen molar-refractivity contribution >= 4 is 28.3 Å². The summed E-state index contributed by atoms with van der Waals surface area (Å²) in [6.07, 6.45) is 1.69. The van der Waals surface area contributed by atoms with Gasteiger partial charge in [0.05, 0.1) is 0 Å². The molecule has 1 heterocycles. The SMILES string of the molecule is CN(C)CCN(Cc1cccc(Cl)c1)C(=O)c1nccc2ccccc12. The van der Waals surface area contributed by atoms with Crippen LogP contribution in [0.5, 0.6) is 0 Å². The number of aromatic nitrogens is 1. The van der Waals surface area contributed by atoms with E-state index in [-0.39, 0.29) is 5.91 Å². The van der Waals surface area contributed by atoms with Crippen molar-refractivity contribution in [1.82, 2.24) is 14.8 Å². The van der Waals surface area contributed by atoms with Gasteiger partial charge in [-0.1, -0.05) is 48.0 Å². The number of pyridine rings is 1. The van der Waals surface area contributed by atoms with Crippen LogP contribution in [0.15, 0.2) is 60.8 Å². The molecule has 134 valence electrons. The van der Waals surface area contributed by atoms with Crippen LogP contribution < -0.4 is 0 Å². The Bertz CT molecular complexity index is 905. The van der Waals surface area contributed by atoms with Crippen molar-refractivity contribution in [2.45, 2.75) is 6.54 Å². The monoisotopic (exact) mass is 367 g/mol.